The Kier molecular flexibility index (Phi) is 5.26. The van der Waals surface area contributed by atoms with Crippen molar-refractivity contribution in [1.29, 1.82) is 0 Å². The average molecular weight is 334 g/mol. The van der Waals surface area contributed by atoms with E-state index < -0.39 is 0 Å². The molecule has 1 heterocycles. The number of carbonyl (C=O) groups is 1. The molecule has 25 heavy (non-hydrogen) atoms. The zero-order valence-electron chi connectivity index (χ0n) is 13.6. The van der Waals surface area contributed by atoms with Gasteiger partial charge in [0, 0.05) is 18.0 Å². The maximum Gasteiger partial charge on any atom is 0.250 e. The summed E-state index contributed by atoms with van der Waals surface area (Å²) in [4.78, 5) is 23.6. The van der Waals surface area contributed by atoms with Gasteiger partial charge in [-0.2, -0.15) is 0 Å². The molecule has 5 heteroatoms. The minimum absolute atomic E-state index is 0.0219. The third-order valence-electron chi connectivity index (χ3n) is 3.60. The second kappa shape index (κ2) is 7.97. The lowest BCUT2D eigenvalue weighted by molar-refractivity contribution is -0.116. The van der Waals surface area contributed by atoms with Crippen LogP contribution < -0.4 is 15.6 Å². The highest BCUT2D eigenvalue weighted by Gasteiger charge is 2.05. The van der Waals surface area contributed by atoms with E-state index in [1.165, 1.54) is 10.6 Å². The molecule has 3 rings (SSSR count). The molecule has 0 unspecified atom stereocenters. The minimum Gasteiger partial charge on any atom is -0.489 e. The molecule has 0 aliphatic rings. The Morgan fingerprint density at radius 3 is 2.36 bits per heavy atom. The molecule has 5 nitrogen and oxygen atoms in total. The third kappa shape index (κ3) is 4.81. The SMILES string of the molecule is O=C(Cn1ccccc1=O)Nc1ccc(OCc2ccccc2)cc1. The maximum absolute atomic E-state index is 12.0. The van der Waals surface area contributed by atoms with E-state index in [1.807, 2.05) is 30.3 Å². The summed E-state index contributed by atoms with van der Waals surface area (Å²) in [5.41, 5.74) is 1.54. The van der Waals surface area contributed by atoms with Crippen LogP contribution >= 0.6 is 0 Å². The zero-order chi connectivity index (χ0) is 17.5. The number of ether oxygens (including phenoxy) is 1. The fraction of sp³-hybridized carbons (Fsp3) is 0.100. The quantitative estimate of drug-likeness (QED) is 0.754. The number of aromatic nitrogens is 1. The molecule has 1 N–H and O–H groups in total. The molecule has 1 amide bonds. The highest BCUT2D eigenvalue weighted by molar-refractivity contribution is 5.90. The van der Waals surface area contributed by atoms with E-state index in [0.717, 1.165) is 11.3 Å². The van der Waals surface area contributed by atoms with Crippen LogP contribution in [0.1, 0.15) is 5.56 Å². The van der Waals surface area contributed by atoms with Gasteiger partial charge in [0.25, 0.3) is 5.56 Å². The molecule has 0 bridgehead atoms. The monoisotopic (exact) mass is 334 g/mol. The van der Waals surface area contributed by atoms with Gasteiger partial charge in [0.1, 0.15) is 18.9 Å². The van der Waals surface area contributed by atoms with E-state index in [-0.39, 0.29) is 18.0 Å². The van der Waals surface area contributed by atoms with E-state index in [1.54, 1.807) is 42.6 Å². The summed E-state index contributed by atoms with van der Waals surface area (Å²) in [6.07, 6.45) is 1.59. The van der Waals surface area contributed by atoms with Crippen LogP contribution in [0.2, 0.25) is 0 Å². The normalized spacial score (nSPS) is 10.2. The molecule has 0 atom stereocenters. The fourth-order valence-corrected chi connectivity index (χ4v) is 2.32. The topological polar surface area (TPSA) is 60.3 Å². The average Bonchev–Trinajstić information content (AvgIpc) is 2.64. The molecule has 0 spiro atoms. The summed E-state index contributed by atoms with van der Waals surface area (Å²) < 4.78 is 7.06. The van der Waals surface area contributed by atoms with Crippen molar-refractivity contribution in [2.24, 2.45) is 0 Å². The van der Waals surface area contributed by atoms with Gasteiger partial charge in [-0.25, -0.2) is 0 Å². The van der Waals surface area contributed by atoms with Gasteiger partial charge in [0.15, 0.2) is 0 Å². The summed E-state index contributed by atoms with van der Waals surface area (Å²) in [6.45, 7) is 0.468. The van der Waals surface area contributed by atoms with Crippen LogP contribution in [-0.4, -0.2) is 10.5 Å². The molecular weight excluding hydrogens is 316 g/mol. The van der Waals surface area contributed by atoms with Crippen LogP contribution in [-0.2, 0) is 17.9 Å². The second-order valence-electron chi connectivity index (χ2n) is 5.51. The van der Waals surface area contributed by atoms with Gasteiger partial charge in [0.2, 0.25) is 5.91 Å². The lowest BCUT2D eigenvalue weighted by Gasteiger charge is -2.09. The van der Waals surface area contributed by atoms with Gasteiger partial charge < -0.3 is 14.6 Å². The number of rotatable bonds is 6. The lowest BCUT2D eigenvalue weighted by atomic mass is 10.2. The molecule has 2 aromatic carbocycles. The fourth-order valence-electron chi connectivity index (χ4n) is 2.32. The van der Waals surface area contributed by atoms with Crippen LogP contribution in [0.25, 0.3) is 0 Å². The predicted molar refractivity (Wildman–Crippen MR) is 96.5 cm³/mol. The van der Waals surface area contributed by atoms with Crippen molar-refractivity contribution in [3.63, 3.8) is 0 Å². The number of benzene rings is 2. The van der Waals surface area contributed by atoms with Crippen molar-refractivity contribution in [2.45, 2.75) is 13.2 Å². The Hall–Kier alpha value is -3.34. The van der Waals surface area contributed by atoms with Crippen molar-refractivity contribution >= 4 is 11.6 Å². The van der Waals surface area contributed by atoms with E-state index >= 15 is 0 Å². The Morgan fingerprint density at radius 1 is 0.920 bits per heavy atom. The van der Waals surface area contributed by atoms with Gasteiger partial charge in [0.05, 0.1) is 0 Å². The Labute approximate surface area is 145 Å². The van der Waals surface area contributed by atoms with Crippen molar-refractivity contribution in [2.75, 3.05) is 5.32 Å². The highest BCUT2D eigenvalue weighted by Crippen LogP contribution is 2.17. The summed E-state index contributed by atoms with van der Waals surface area (Å²) in [5.74, 6) is 0.465. The van der Waals surface area contributed by atoms with Crippen molar-refractivity contribution in [1.82, 2.24) is 4.57 Å². The van der Waals surface area contributed by atoms with Crippen molar-refractivity contribution in [3.8, 4) is 5.75 Å². The van der Waals surface area contributed by atoms with Crippen LogP contribution in [0.15, 0.2) is 83.8 Å². The standard InChI is InChI=1S/C20H18N2O3/c23-19(14-22-13-5-4-8-20(22)24)21-17-9-11-18(12-10-17)25-15-16-6-2-1-3-7-16/h1-13H,14-15H2,(H,21,23). The summed E-state index contributed by atoms with van der Waals surface area (Å²) in [7, 11) is 0. The molecule has 0 aliphatic heterocycles. The van der Waals surface area contributed by atoms with E-state index in [0.29, 0.717) is 12.3 Å². The van der Waals surface area contributed by atoms with Crippen LogP contribution in [0.4, 0.5) is 5.69 Å². The molecule has 3 aromatic rings. The molecule has 126 valence electrons. The number of nitrogens with one attached hydrogen (secondary N) is 1. The first-order valence-electron chi connectivity index (χ1n) is 7.93. The molecule has 0 aliphatic carbocycles. The number of hydrogen-bond acceptors (Lipinski definition) is 3. The molecule has 0 saturated carbocycles. The summed E-state index contributed by atoms with van der Waals surface area (Å²) in [5, 5.41) is 2.76. The van der Waals surface area contributed by atoms with Gasteiger partial charge in [-0.05, 0) is 35.9 Å². The van der Waals surface area contributed by atoms with Crippen LogP contribution in [0.5, 0.6) is 5.75 Å². The molecular formula is C20H18N2O3. The zero-order valence-corrected chi connectivity index (χ0v) is 13.6. The smallest absolute Gasteiger partial charge is 0.250 e. The lowest BCUT2D eigenvalue weighted by Crippen LogP contribution is -2.26. The first-order valence-corrected chi connectivity index (χ1v) is 7.93. The molecule has 1 aromatic heterocycles. The summed E-state index contributed by atoms with van der Waals surface area (Å²) >= 11 is 0. The van der Waals surface area contributed by atoms with Gasteiger partial charge in [-0.3, -0.25) is 9.59 Å². The largest absolute Gasteiger partial charge is 0.489 e. The van der Waals surface area contributed by atoms with Gasteiger partial charge in [-0.1, -0.05) is 36.4 Å². The third-order valence-corrected chi connectivity index (χ3v) is 3.60. The first kappa shape index (κ1) is 16.5. The minimum atomic E-state index is -0.258. The van der Waals surface area contributed by atoms with Gasteiger partial charge in [-0.15, -0.1) is 0 Å². The number of hydrogen-bond donors (Lipinski definition) is 1. The second-order valence-corrected chi connectivity index (χ2v) is 5.51. The van der Waals surface area contributed by atoms with E-state index in [2.05, 4.69) is 5.32 Å². The number of amides is 1. The Bertz CT molecular complexity index is 887. The first-order chi connectivity index (χ1) is 12.2. The maximum atomic E-state index is 12.0. The van der Waals surface area contributed by atoms with Gasteiger partial charge >= 0.3 is 0 Å². The number of pyridine rings is 1. The van der Waals surface area contributed by atoms with E-state index in [4.69, 9.17) is 4.74 Å². The number of carbonyl (C=O) groups excluding carboxylic acids is 1. The van der Waals surface area contributed by atoms with Crippen molar-refractivity contribution in [3.05, 3.63) is 94.9 Å². The van der Waals surface area contributed by atoms with E-state index in [9.17, 15) is 9.59 Å². The van der Waals surface area contributed by atoms with Crippen LogP contribution in [0, 0.1) is 0 Å². The van der Waals surface area contributed by atoms with Crippen molar-refractivity contribution < 1.29 is 9.53 Å². The number of anilines is 1. The summed E-state index contributed by atoms with van der Waals surface area (Å²) in [6, 6.07) is 21.8. The highest BCUT2D eigenvalue weighted by atomic mass is 16.5. The Balaban J connectivity index is 1.54. The Morgan fingerprint density at radius 2 is 1.64 bits per heavy atom. The molecule has 0 saturated heterocycles. The predicted octanol–water partition coefficient (Wildman–Crippen LogP) is 3.07. The van der Waals surface area contributed by atoms with Crippen LogP contribution in [0.3, 0.4) is 0 Å². The molecule has 0 radical (unpaired) electrons. The number of nitrogens with zero attached hydrogens (tertiary/aromatic N) is 1. The molecule has 0 fully saturated rings.